The number of anilines is 2. The molecule has 1 amide bonds. The van der Waals surface area contributed by atoms with Crippen LogP contribution < -0.4 is 10.2 Å². The highest BCUT2D eigenvalue weighted by atomic mass is 16.2. The maximum absolute atomic E-state index is 12.7. The van der Waals surface area contributed by atoms with E-state index in [-0.39, 0.29) is 11.9 Å². The number of aromatic nitrogens is 2. The molecule has 0 aliphatic heterocycles. The number of nitrogens with zero attached hydrogens (tertiary/aromatic N) is 3. The van der Waals surface area contributed by atoms with Crippen LogP contribution in [0.25, 0.3) is 0 Å². The molecule has 5 heteroatoms. The summed E-state index contributed by atoms with van der Waals surface area (Å²) < 4.78 is 0. The molecule has 2 rings (SSSR count). The summed E-state index contributed by atoms with van der Waals surface area (Å²) in [7, 11) is 0. The Morgan fingerprint density at radius 3 is 2.73 bits per heavy atom. The third-order valence-corrected chi connectivity index (χ3v) is 3.17. The molecule has 0 aliphatic rings. The van der Waals surface area contributed by atoms with E-state index in [1.54, 1.807) is 17.2 Å². The van der Waals surface area contributed by atoms with Gasteiger partial charge in [-0.3, -0.25) is 4.79 Å². The number of hydrogen-bond donors (Lipinski definition) is 1. The van der Waals surface area contributed by atoms with Gasteiger partial charge in [-0.05, 0) is 51.5 Å². The number of amides is 1. The van der Waals surface area contributed by atoms with Crippen molar-refractivity contribution in [3.8, 4) is 0 Å². The molecular formula is C17H22N4O. The molecule has 1 aromatic carbocycles. The summed E-state index contributed by atoms with van der Waals surface area (Å²) in [5.41, 5.74) is 2.39. The van der Waals surface area contributed by atoms with Gasteiger partial charge >= 0.3 is 0 Å². The van der Waals surface area contributed by atoms with Gasteiger partial charge in [-0.1, -0.05) is 12.1 Å². The lowest BCUT2D eigenvalue weighted by Crippen LogP contribution is -2.31. The predicted octanol–water partition coefficient (Wildman–Crippen LogP) is 3.27. The largest absolute Gasteiger partial charge is 0.352 e. The Kier molecular flexibility index (Phi) is 5.09. The van der Waals surface area contributed by atoms with E-state index in [0.29, 0.717) is 18.2 Å². The smallest absolute Gasteiger partial charge is 0.277 e. The monoisotopic (exact) mass is 298 g/mol. The van der Waals surface area contributed by atoms with Crippen molar-refractivity contribution >= 4 is 17.5 Å². The third kappa shape index (κ3) is 3.81. The van der Waals surface area contributed by atoms with Crippen LogP contribution in [0.15, 0.2) is 36.5 Å². The van der Waals surface area contributed by atoms with Crippen molar-refractivity contribution in [3.05, 3.63) is 47.8 Å². The lowest BCUT2D eigenvalue weighted by molar-refractivity contribution is 0.0983. The summed E-state index contributed by atoms with van der Waals surface area (Å²) in [6.07, 6.45) is 1.61. The molecule has 1 heterocycles. The van der Waals surface area contributed by atoms with Crippen LogP contribution in [-0.2, 0) is 0 Å². The summed E-state index contributed by atoms with van der Waals surface area (Å²) >= 11 is 0. The lowest BCUT2D eigenvalue weighted by atomic mass is 10.2. The normalized spacial score (nSPS) is 10.6. The van der Waals surface area contributed by atoms with E-state index in [9.17, 15) is 4.79 Å². The molecule has 0 unspecified atom stereocenters. The molecule has 116 valence electrons. The molecule has 0 spiro atoms. The minimum atomic E-state index is -0.123. The Balaban J connectivity index is 2.29. The highest BCUT2D eigenvalue weighted by Crippen LogP contribution is 2.18. The van der Waals surface area contributed by atoms with Gasteiger partial charge in [-0.15, -0.1) is 0 Å². The van der Waals surface area contributed by atoms with Crippen LogP contribution in [-0.4, -0.2) is 28.5 Å². The molecule has 22 heavy (non-hydrogen) atoms. The van der Waals surface area contributed by atoms with Crippen molar-refractivity contribution < 1.29 is 4.79 Å². The van der Waals surface area contributed by atoms with E-state index in [1.165, 1.54) is 0 Å². The Morgan fingerprint density at radius 1 is 1.32 bits per heavy atom. The average Bonchev–Trinajstić information content (AvgIpc) is 2.47. The van der Waals surface area contributed by atoms with E-state index < -0.39 is 0 Å². The zero-order valence-electron chi connectivity index (χ0n) is 13.5. The molecule has 0 fully saturated rings. The van der Waals surface area contributed by atoms with Gasteiger partial charge < -0.3 is 10.2 Å². The summed E-state index contributed by atoms with van der Waals surface area (Å²) in [6, 6.07) is 9.75. The maximum atomic E-state index is 12.7. The average molecular weight is 298 g/mol. The number of rotatable bonds is 5. The van der Waals surface area contributed by atoms with Gasteiger partial charge in [0, 0.05) is 24.5 Å². The van der Waals surface area contributed by atoms with Gasteiger partial charge in [0.2, 0.25) is 5.95 Å². The second-order valence-corrected chi connectivity index (χ2v) is 5.45. The summed E-state index contributed by atoms with van der Waals surface area (Å²) in [4.78, 5) is 22.9. The Morgan fingerprint density at radius 2 is 2.09 bits per heavy atom. The van der Waals surface area contributed by atoms with Gasteiger partial charge in [-0.25, -0.2) is 9.97 Å². The van der Waals surface area contributed by atoms with Crippen LogP contribution in [0.4, 0.5) is 11.6 Å². The van der Waals surface area contributed by atoms with E-state index in [0.717, 1.165) is 11.3 Å². The number of hydrogen-bond acceptors (Lipinski definition) is 4. The highest BCUT2D eigenvalue weighted by molar-refractivity contribution is 6.04. The zero-order valence-corrected chi connectivity index (χ0v) is 13.5. The predicted molar refractivity (Wildman–Crippen MR) is 89.3 cm³/mol. The summed E-state index contributed by atoms with van der Waals surface area (Å²) in [5.74, 6) is 0.350. The quantitative estimate of drug-likeness (QED) is 0.920. The molecule has 2 aromatic rings. The van der Waals surface area contributed by atoms with Gasteiger partial charge in [0.1, 0.15) is 5.69 Å². The minimum absolute atomic E-state index is 0.123. The molecular weight excluding hydrogens is 276 g/mol. The topological polar surface area (TPSA) is 58.1 Å². The van der Waals surface area contributed by atoms with Crippen molar-refractivity contribution in [1.29, 1.82) is 0 Å². The first-order chi connectivity index (χ1) is 10.5. The van der Waals surface area contributed by atoms with Crippen molar-refractivity contribution in [1.82, 2.24) is 9.97 Å². The third-order valence-electron chi connectivity index (χ3n) is 3.17. The van der Waals surface area contributed by atoms with Gasteiger partial charge in [0.15, 0.2) is 0 Å². The second-order valence-electron chi connectivity index (χ2n) is 5.45. The van der Waals surface area contributed by atoms with Crippen molar-refractivity contribution in [3.63, 3.8) is 0 Å². The molecule has 0 saturated heterocycles. The standard InChI is InChI=1S/C17H22N4O/c1-5-21(14-8-6-7-13(4)11-14)16(22)15-9-10-18-17(20-15)19-12(2)3/h6-12H,5H2,1-4H3,(H,18,19,20). The summed E-state index contributed by atoms with van der Waals surface area (Å²) in [6.45, 7) is 8.55. The number of benzene rings is 1. The molecule has 0 bridgehead atoms. The van der Waals surface area contributed by atoms with Crippen molar-refractivity contribution in [2.75, 3.05) is 16.8 Å². The molecule has 0 aliphatic carbocycles. The molecule has 5 nitrogen and oxygen atoms in total. The number of nitrogens with one attached hydrogen (secondary N) is 1. The Hall–Kier alpha value is -2.43. The molecule has 0 atom stereocenters. The van der Waals surface area contributed by atoms with Gasteiger partial charge in [0.25, 0.3) is 5.91 Å². The number of aryl methyl sites for hydroxylation is 1. The van der Waals surface area contributed by atoms with Crippen molar-refractivity contribution in [2.24, 2.45) is 0 Å². The fraction of sp³-hybridized carbons (Fsp3) is 0.353. The van der Waals surface area contributed by atoms with Crippen molar-refractivity contribution in [2.45, 2.75) is 33.7 Å². The van der Waals surface area contributed by atoms with E-state index in [1.807, 2.05) is 52.0 Å². The SMILES string of the molecule is CCN(C(=O)c1ccnc(NC(C)C)n1)c1cccc(C)c1. The van der Waals surface area contributed by atoms with Gasteiger partial charge in [-0.2, -0.15) is 0 Å². The van der Waals surface area contributed by atoms with Crippen LogP contribution in [0.5, 0.6) is 0 Å². The number of carbonyl (C=O) groups excluding carboxylic acids is 1. The minimum Gasteiger partial charge on any atom is -0.352 e. The molecule has 0 radical (unpaired) electrons. The fourth-order valence-corrected chi connectivity index (χ4v) is 2.18. The van der Waals surface area contributed by atoms with Crippen LogP contribution in [0, 0.1) is 6.92 Å². The van der Waals surface area contributed by atoms with E-state index in [4.69, 9.17) is 0 Å². The zero-order chi connectivity index (χ0) is 16.1. The second kappa shape index (κ2) is 7.02. The molecule has 1 aromatic heterocycles. The van der Waals surface area contributed by atoms with E-state index in [2.05, 4.69) is 15.3 Å². The maximum Gasteiger partial charge on any atom is 0.277 e. The molecule has 1 N–H and O–H groups in total. The van der Waals surface area contributed by atoms with Crippen LogP contribution in [0.2, 0.25) is 0 Å². The first-order valence-corrected chi connectivity index (χ1v) is 7.49. The lowest BCUT2D eigenvalue weighted by Gasteiger charge is -2.21. The first kappa shape index (κ1) is 15.9. The first-order valence-electron chi connectivity index (χ1n) is 7.49. The Bertz CT molecular complexity index is 655. The fourth-order valence-electron chi connectivity index (χ4n) is 2.18. The Labute approximate surface area is 131 Å². The van der Waals surface area contributed by atoms with Crippen LogP contribution in [0.1, 0.15) is 36.8 Å². The van der Waals surface area contributed by atoms with Crippen LogP contribution >= 0.6 is 0 Å². The molecule has 0 saturated carbocycles. The highest BCUT2D eigenvalue weighted by Gasteiger charge is 2.18. The van der Waals surface area contributed by atoms with Gasteiger partial charge in [0.05, 0.1) is 0 Å². The van der Waals surface area contributed by atoms with E-state index >= 15 is 0 Å². The summed E-state index contributed by atoms with van der Waals surface area (Å²) in [5, 5.41) is 3.11. The van der Waals surface area contributed by atoms with Crippen LogP contribution in [0.3, 0.4) is 0 Å². The number of carbonyl (C=O) groups is 1.